The number of hydrogen-bond acceptors (Lipinski definition) is 2. The Morgan fingerprint density at radius 3 is 2.94 bits per heavy atom. The van der Waals surface area contributed by atoms with Gasteiger partial charge in [0.05, 0.1) is 6.10 Å². The molecule has 0 amide bonds. The molecule has 2 aliphatic carbocycles. The lowest BCUT2D eigenvalue weighted by atomic mass is 9.57. The minimum atomic E-state index is 0.362. The summed E-state index contributed by atoms with van der Waals surface area (Å²) in [6.45, 7) is 8.02. The lowest BCUT2D eigenvalue weighted by Gasteiger charge is -2.55. The zero-order valence-electron chi connectivity index (χ0n) is 10.8. The third kappa shape index (κ3) is 1.53. The minimum absolute atomic E-state index is 0.362. The monoisotopic (exact) mass is 223 g/mol. The van der Waals surface area contributed by atoms with E-state index in [9.17, 15) is 0 Å². The van der Waals surface area contributed by atoms with E-state index in [1.807, 2.05) is 0 Å². The van der Waals surface area contributed by atoms with Crippen LogP contribution in [0.2, 0.25) is 0 Å². The summed E-state index contributed by atoms with van der Waals surface area (Å²) in [5.41, 5.74) is 0.362. The van der Waals surface area contributed by atoms with E-state index < -0.39 is 0 Å². The largest absolute Gasteiger partial charge is 0.377 e. The summed E-state index contributed by atoms with van der Waals surface area (Å²) in [5, 5.41) is 3.91. The molecule has 2 saturated carbocycles. The number of ether oxygens (including phenoxy) is 1. The van der Waals surface area contributed by atoms with Crippen LogP contribution in [-0.2, 0) is 4.74 Å². The van der Waals surface area contributed by atoms with Crippen molar-refractivity contribution in [2.24, 2.45) is 17.3 Å². The first kappa shape index (κ1) is 11.0. The van der Waals surface area contributed by atoms with Crippen molar-refractivity contribution in [2.45, 2.75) is 64.6 Å². The van der Waals surface area contributed by atoms with Crippen molar-refractivity contribution < 1.29 is 4.74 Å². The van der Waals surface area contributed by atoms with Crippen molar-refractivity contribution in [3.8, 4) is 0 Å². The highest BCUT2D eigenvalue weighted by Crippen LogP contribution is 2.53. The first-order valence-electron chi connectivity index (χ1n) is 7.02. The molecule has 5 atom stereocenters. The predicted octanol–water partition coefficient (Wildman–Crippen LogP) is 2.58. The van der Waals surface area contributed by atoms with Crippen molar-refractivity contribution in [1.29, 1.82) is 0 Å². The number of nitrogens with one attached hydrogen (secondary N) is 1. The van der Waals surface area contributed by atoms with E-state index in [4.69, 9.17) is 4.74 Å². The Labute approximate surface area is 99.1 Å². The van der Waals surface area contributed by atoms with Crippen LogP contribution in [-0.4, -0.2) is 24.8 Å². The number of hydrogen-bond donors (Lipinski definition) is 1. The zero-order chi connectivity index (χ0) is 11.3. The molecule has 2 heteroatoms. The molecule has 1 saturated heterocycles. The SMILES string of the molecule is CCCC1CC1NC1C2CCOC2C1(C)C. The number of fused-ring (bicyclic) bond motifs is 1. The number of rotatable bonds is 4. The Morgan fingerprint density at radius 2 is 2.19 bits per heavy atom. The van der Waals surface area contributed by atoms with Crippen molar-refractivity contribution in [2.75, 3.05) is 6.61 Å². The molecule has 3 aliphatic rings. The van der Waals surface area contributed by atoms with Gasteiger partial charge in [-0.05, 0) is 25.2 Å². The van der Waals surface area contributed by atoms with E-state index >= 15 is 0 Å². The molecule has 1 heterocycles. The van der Waals surface area contributed by atoms with Crippen molar-refractivity contribution in [1.82, 2.24) is 5.32 Å². The average Bonchev–Trinajstić information content (AvgIpc) is 2.80. The van der Waals surface area contributed by atoms with Gasteiger partial charge in [-0.25, -0.2) is 0 Å². The first-order chi connectivity index (χ1) is 7.64. The van der Waals surface area contributed by atoms with Gasteiger partial charge in [-0.15, -0.1) is 0 Å². The van der Waals surface area contributed by atoms with E-state index in [2.05, 4.69) is 26.1 Å². The van der Waals surface area contributed by atoms with Crippen molar-refractivity contribution >= 4 is 0 Å². The van der Waals surface area contributed by atoms with Crippen LogP contribution in [0.3, 0.4) is 0 Å². The maximum atomic E-state index is 5.83. The molecule has 0 radical (unpaired) electrons. The van der Waals surface area contributed by atoms with Gasteiger partial charge in [0.25, 0.3) is 0 Å². The van der Waals surface area contributed by atoms with E-state index in [-0.39, 0.29) is 0 Å². The van der Waals surface area contributed by atoms with Crippen molar-refractivity contribution in [3.05, 3.63) is 0 Å². The smallest absolute Gasteiger partial charge is 0.0685 e. The normalized spacial score (nSPS) is 48.6. The third-order valence-corrected chi connectivity index (χ3v) is 5.08. The van der Waals surface area contributed by atoms with Crippen LogP contribution in [0, 0.1) is 17.3 Å². The Hall–Kier alpha value is -0.0800. The summed E-state index contributed by atoms with van der Waals surface area (Å²) in [4.78, 5) is 0. The van der Waals surface area contributed by atoms with Crippen molar-refractivity contribution in [3.63, 3.8) is 0 Å². The molecule has 1 N–H and O–H groups in total. The summed E-state index contributed by atoms with van der Waals surface area (Å²) in [5.74, 6) is 1.78. The zero-order valence-corrected chi connectivity index (χ0v) is 10.8. The Morgan fingerprint density at radius 1 is 1.38 bits per heavy atom. The maximum Gasteiger partial charge on any atom is 0.0685 e. The van der Waals surface area contributed by atoms with E-state index in [1.54, 1.807) is 0 Å². The van der Waals surface area contributed by atoms with Gasteiger partial charge in [0.2, 0.25) is 0 Å². The van der Waals surface area contributed by atoms with Gasteiger partial charge in [0.1, 0.15) is 0 Å². The van der Waals surface area contributed by atoms with Gasteiger partial charge < -0.3 is 10.1 Å². The van der Waals surface area contributed by atoms with Gasteiger partial charge in [-0.1, -0.05) is 27.2 Å². The van der Waals surface area contributed by atoms with Crippen LogP contribution in [0.1, 0.15) is 46.5 Å². The van der Waals surface area contributed by atoms with E-state index in [0.717, 1.165) is 24.5 Å². The predicted molar refractivity (Wildman–Crippen MR) is 65.4 cm³/mol. The molecule has 92 valence electrons. The van der Waals surface area contributed by atoms with Crippen LogP contribution >= 0.6 is 0 Å². The minimum Gasteiger partial charge on any atom is -0.377 e. The van der Waals surface area contributed by atoms with Gasteiger partial charge in [-0.3, -0.25) is 0 Å². The molecule has 3 fully saturated rings. The third-order valence-electron chi connectivity index (χ3n) is 5.08. The molecule has 0 aromatic heterocycles. The molecule has 5 unspecified atom stereocenters. The Kier molecular flexibility index (Phi) is 2.56. The van der Waals surface area contributed by atoms with Crippen LogP contribution in [0.15, 0.2) is 0 Å². The van der Waals surface area contributed by atoms with Crippen LogP contribution in [0.25, 0.3) is 0 Å². The molecule has 0 aromatic rings. The highest BCUT2D eigenvalue weighted by Gasteiger charge is 2.60. The summed E-state index contributed by atoms with van der Waals surface area (Å²) in [6, 6.07) is 1.54. The molecule has 0 aromatic carbocycles. The van der Waals surface area contributed by atoms with E-state index in [1.165, 1.54) is 25.7 Å². The second-order valence-corrected chi connectivity index (χ2v) is 6.60. The van der Waals surface area contributed by atoms with Crippen LogP contribution in [0.5, 0.6) is 0 Å². The van der Waals surface area contributed by atoms with Gasteiger partial charge in [0.15, 0.2) is 0 Å². The van der Waals surface area contributed by atoms with Crippen LogP contribution < -0.4 is 5.32 Å². The van der Waals surface area contributed by atoms with Gasteiger partial charge in [-0.2, -0.15) is 0 Å². The maximum absolute atomic E-state index is 5.83. The van der Waals surface area contributed by atoms with Gasteiger partial charge >= 0.3 is 0 Å². The topological polar surface area (TPSA) is 21.3 Å². The highest BCUT2D eigenvalue weighted by atomic mass is 16.5. The molecule has 0 bridgehead atoms. The summed E-state index contributed by atoms with van der Waals surface area (Å²) in [7, 11) is 0. The fraction of sp³-hybridized carbons (Fsp3) is 1.00. The second kappa shape index (κ2) is 3.71. The summed E-state index contributed by atoms with van der Waals surface area (Å²) >= 11 is 0. The molecule has 1 aliphatic heterocycles. The fourth-order valence-corrected chi connectivity index (χ4v) is 4.03. The molecular formula is C14H25NO. The van der Waals surface area contributed by atoms with E-state index in [0.29, 0.717) is 17.6 Å². The molecule has 3 rings (SSSR count). The lowest BCUT2D eigenvalue weighted by molar-refractivity contribution is -0.113. The molecule has 16 heavy (non-hydrogen) atoms. The quantitative estimate of drug-likeness (QED) is 0.791. The average molecular weight is 223 g/mol. The first-order valence-corrected chi connectivity index (χ1v) is 7.02. The Bertz CT molecular complexity index is 276. The standard InChI is InChI=1S/C14H25NO/c1-4-5-9-8-11(9)15-12-10-6-7-16-13(10)14(12,2)3/h9-13,15H,4-8H2,1-3H3. The lowest BCUT2D eigenvalue weighted by Crippen LogP contribution is -2.66. The second-order valence-electron chi connectivity index (χ2n) is 6.60. The van der Waals surface area contributed by atoms with Crippen LogP contribution in [0.4, 0.5) is 0 Å². The highest BCUT2D eigenvalue weighted by molar-refractivity contribution is 5.13. The van der Waals surface area contributed by atoms with Gasteiger partial charge in [0, 0.05) is 30.0 Å². The summed E-state index contributed by atoms with van der Waals surface area (Å²) < 4.78 is 5.83. The fourth-order valence-electron chi connectivity index (χ4n) is 4.03. The molecule has 2 nitrogen and oxygen atoms in total. The summed E-state index contributed by atoms with van der Waals surface area (Å²) in [6.07, 6.45) is 5.98. The molecular weight excluding hydrogens is 198 g/mol. The Balaban J connectivity index is 1.56. The molecule has 0 spiro atoms.